The van der Waals surface area contributed by atoms with Crippen LogP contribution in [0.3, 0.4) is 0 Å². The minimum absolute atomic E-state index is 0.204. The topological polar surface area (TPSA) is 52.9 Å². The average molecular weight is 289 g/mol. The van der Waals surface area contributed by atoms with Gasteiger partial charge in [0.2, 0.25) is 12.2 Å². The Hall–Kier alpha value is -1.82. The Balaban J connectivity index is 1.66. The maximum Gasteiger partial charge on any atom is 0.385 e. The van der Waals surface area contributed by atoms with E-state index in [2.05, 4.69) is 10.1 Å². The van der Waals surface area contributed by atoms with Gasteiger partial charge >= 0.3 is 5.16 Å². The van der Waals surface area contributed by atoms with E-state index in [1.54, 1.807) is 6.33 Å². The molecule has 1 aromatic heterocycles. The van der Waals surface area contributed by atoms with Crippen molar-refractivity contribution in [3.63, 3.8) is 0 Å². The summed E-state index contributed by atoms with van der Waals surface area (Å²) in [5.74, 6) is 0.646. The maximum atomic E-state index is 12.0. The largest absolute Gasteiger partial charge is 0.385 e. The third kappa shape index (κ3) is 2.85. The number of H-pyrrole nitrogens is 1. The first-order chi connectivity index (χ1) is 9.84. The third-order valence-corrected chi connectivity index (χ3v) is 4.29. The average Bonchev–Trinajstić information content (AvgIpc) is 3.17. The standard InChI is InChI=1S/C14H16N4OS/c19-13(17-8-4-5-9-17)10-20-14-15-11-16-18(14)12-6-2-1-3-7-12/h1-3,6-7,11H,4-5,8-10H2/p+1. The second kappa shape index (κ2) is 6.09. The number of aromatic nitrogens is 3. The Morgan fingerprint density at radius 1 is 1.30 bits per heavy atom. The van der Waals surface area contributed by atoms with E-state index in [0.717, 1.165) is 36.8 Å². The Labute approximate surface area is 122 Å². The van der Waals surface area contributed by atoms with Crippen molar-refractivity contribution >= 4 is 17.7 Å². The number of hydrogen-bond acceptors (Lipinski definition) is 3. The molecule has 0 spiro atoms. The molecule has 6 heteroatoms. The molecule has 1 N–H and O–H groups in total. The fourth-order valence-electron chi connectivity index (χ4n) is 2.30. The van der Waals surface area contributed by atoms with Crippen LogP contribution in [0.5, 0.6) is 0 Å². The molecule has 0 saturated carbocycles. The first-order valence-electron chi connectivity index (χ1n) is 6.76. The Kier molecular flexibility index (Phi) is 4.01. The van der Waals surface area contributed by atoms with E-state index in [4.69, 9.17) is 0 Å². The molecule has 0 aliphatic carbocycles. The fraction of sp³-hybridized carbons (Fsp3) is 0.357. The van der Waals surface area contributed by atoms with Gasteiger partial charge in [0.15, 0.2) is 5.69 Å². The van der Waals surface area contributed by atoms with E-state index in [9.17, 15) is 4.79 Å². The molecule has 0 unspecified atom stereocenters. The quantitative estimate of drug-likeness (QED) is 0.684. The van der Waals surface area contributed by atoms with E-state index in [-0.39, 0.29) is 5.91 Å². The van der Waals surface area contributed by atoms with Crippen molar-refractivity contribution in [2.24, 2.45) is 0 Å². The van der Waals surface area contributed by atoms with Crippen molar-refractivity contribution in [3.8, 4) is 5.69 Å². The van der Waals surface area contributed by atoms with Gasteiger partial charge in [0.05, 0.1) is 5.75 Å². The van der Waals surface area contributed by atoms with Crippen LogP contribution in [0.4, 0.5) is 0 Å². The van der Waals surface area contributed by atoms with E-state index < -0.39 is 0 Å². The van der Waals surface area contributed by atoms with Crippen LogP contribution in [0.15, 0.2) is 41.8 Å². The summed E-state index contributed by atoms with van der Waals surface area (Å²) in [6, 6.07) is 9.94. The monoisotopic (exact) mass is 289 g/mol. The summed E-state index contributed by atoms with van der Waals surface area (Å²) in [7, 11) is 0. The Morgan fingerprint density at radius 3 is 2.80 bits per heavy atom. The molecule has 104 valence electrons. The lowest BCUT2D eigenvalue weighted by atomic mass is 10.3. The molecule has 1 fully saturated rings. The van der Waals surface area contributed by atoms with Crippen LogP contribution in [0, 0.1) is 0 Å². The highest BCUT2D eigenvalue weighted by molar-refractivity contribution is 7.99. The lowest BCUT2D eigenvalue weighted by Crippen LogP contribution is -2.35. The first kappa shape index (κ1) is 13.2. The molecule has 5 nitrogen and oxygen atoms in total. The number of likely N-dealkylation sites (tertiary alicyclic amines) is 1. The third-order valence-electron chi connectivity index (χ3n) is 3.35. The van der Waals surface area contributed by atoms with Crippen LogP contribution in [-0.2, 0) is 4.79 Å². The highest BCUT2D eigenvalue weighted by Crippen LogP contribution is 2.15. The van der Waals surface area contributed by atoms with E-state index in [1.165, 1.54) is 11.8 Å². The molecule has 3 rings (SSSR count). The minimum atomic E-state index is 0.204. The zero-order valence-electron chi connectivity index (χ0n) is 11.2. The maximum absolute atomic E-state index is 12.0. The summed E-state index contributed by atoms with van der Waals surface area (Å²) < 4.78 is 1.89. The molecular formula is C14H17N4OS+. The minimum Gasteiger partial charge on any atom is -0.342 e. The zero-order chi connectivity index (χ0) is 13.8. The number of aromatic amines is 1. The van der Waals surface area contributed by atoms with Gasteiger partial charge in [-0.15, -0.1) is 4.68 Å². The zero-order valence-corrected chi connectivity index (χ0v) is 12.0. The van der Waals surface area contributed by atoms with Crippen molar-refractivity contribution < 1.29 is 9.48 Å². The molecule has 1 aliphatic heterocycles. The molecule has 2 aromatic rings. The van der Waals surface area contributed by atoms with Crippen LogP contribution in [-0.4, -0.2) is 39.7 Å². The molecule has 1 amide bonds. The number of nitrogens with zero attached hydrogens (tertiary/aromatic N) is 3. The number of para-hydroxylation sites is 1. The molecule has 0 radical (unpaired) electrons. The highest BCUT2D eigenvalue weighted by atomic mass is 32.2. The van der Waals surface area contributed by atoms with Gasteiger partial charge in [-0.3, -0.25) is 4.79 Å². The highest BCUT2D eigenvalue weighted by Gasteiger charge is 2.22. The number of benzene rings is 1. The molecule has 20 heavy (non-hydrogen) atoms. The van der Waals surface area contributed by atoms with Crippen molar-refractivity contribution in [2.45, 2.75) is 18.0 Å². The predicted octanol–water partition coefficient (Wildman–Crippen LogP) is 1.40. The molecule has 1 aromatic carbocycles. The lowest BCUT2D eigenvalue weighted by molar-refractivity contribution is -0.694. The van der Waals surface area contributed by atoms with E-state index >= 15 is 0 Å². The number of rotatable bonds is 4. The van der Waals surface area contributed by atoms with Crippen LogP contribution < -0.4 is 4.68 Å². The van der Waals surface area contributed by atoms with Gasteiger partial charge in [0.1, 0.15) is 0 Å². The Bertz CT molecular complexity index is 578. The van der Waals surface area contributed by atoms with Gasteiger partial charge in [-0.25, -0.2) is 0 Å². The predicted molar refractivity (Wildman–Crippen MR) is 76.7 cm³/mol. The van der Waals surface area contributed by atoms with Crippen molar-refractivity contribution in [1.29, 1.82) is 0 Å². The molecule has 0 atom stereocenters. The molecule has 1 saturated heterocycles. The first-order valence-corrected chi connectivity index (χ1v) is 7.74. The number of carbonyl (C=O) groups is 1. The second-order valence-electron chi connectivity index (χ2n) is 4.72. The number of amides is 1. The summed E-state index contributed by atoms with van der Waals surface area (Å²) in [5.41, 5.74) is 1.01. The fourth-order valence-corrected chi connectivity index (χ4v) is 3.15. The molecular weight excluding hydrogens is 272 g/mol. The number of nitrogens with one attached hydrogen (secondary N) is 1. The number of hydrogen-bond donors (Lipinski definition) is 1. The summed E-state index contributed by atoms with van der Waals surface area (Å²) in [4.78, 5) is 18.3. The summed E-state index contributed by atoms with van der Waals surface area (Å²) >= 11 is 1.47. The molecule has 2 heterocycles. The van der Waals surface area contributed by atoms with Gasteiger partial charge in [0.25, 0.3) is 0 Å². The van der Waals surface area contributed by atoms with Crippen molar-refractivity contribution in [2.75, 3.05) is 18.8 Å². The van der Waals surface area contributed by atoms with Crippen LogP contribution in [0.25, 0.3) is 5.69 Å². The van der Waals surface area contributed by atoms with Gasteiger partial charge in [0, 0.05) is 13.1 Å². The lowest BCUT2D eigenvalue weighted by Gasteiger charge is -2.13. The number of carbonyl (C=O) groups excluding carboxylic acids is 1. The summed E-state index contributed by atoms with van der Waals surface area (Å²) in [5, 5.41) is 3.88. The van der Waals surface area contributed by atoms with Crippen LogP contribution in [0.1, 0.15) is 12.8 Å². The van der Waals surface area contributed by atoms with Crippen molar-refractivity contribution in [3.05, 3.63) is 36.7 Å². The SMILES string of the molecule is O=C(CSc1nc[nH][n+]1-c1ccccc1)N1CCCC1. The second-order valence-corrected chi connectivity index (χ2v) is 5.66. The van der Waals surface area contributed by atoms with Crippen molar-refractivity contribution in [1.82, 2.24) is 15.0 Å². The van der Waals surface area contributed by atoms with Gasteiger partial charge in [-0.1, -0.05) is 18.2 Å². The molecule has 1 aliphatic rings. The smallest absolute Gasteiger partial charge is 0.342 e. The number of thioether (sulfide) groups is 1. The summed E-state index contributed by atoms with van der Waals surface area (Å²) in [6.07, 6.45) is 3.90. The van der Waals surface area contributed by atoms with Gasteiger partial charge in [-0.2, -0.15) is 5.10 Å². The molecule has 0 bridgehead atoms. The van der Waals surface area contributed by atoms with Crippen LogP contribution >= 0.6 is 11.8 Å². The normalized spacial score (nSPS) is 14.7. The van der Waals surface area contributed by atoms with Gasteiger partial charge in [-0.05, 0) is 41.7 Å². The van der Waals surface area contributed by atoms with Crippen LogP contribution in [0.2, 0.25) is 0 Å². The summed E-state index contributed by atoms with van der Waals surface area (Å²) in [6.45, 7) is 1.80. The van der Waals surface area contributed by atoms with E-state index in [0.29, 0.717) is 5.75 Å². The van der Waals surface area contributed by atoms with E-state index in [1.807, 2.05) is 39.9 Å². The van der Waals surface area contributed by atoms with Gasteiger partial charge < -0.3 is 4.90 Å². The Morgan fingerprint density at radius 2 is 2.05 bits per heavy atom.